The molecule has 0 atom stereocenters. The largest absolute Gasteiger partial charge is 0.399 e. The number of benzene rings is 1. The number of hydrogen-bond donors (Lipinski definition) is 2. The summed E-state index contributed by atoms with van der Waals surface area (Å²) in [5.41, 5.74) is 5.68. The fourth-order valence-electron chi connectivity index (χ4n) is 1.90. The molecule has 1 aliphatic carbocycles. The zero-order valence-corrected chi connectivity index (χ0v) is 9.88. The van der Waals surface area contributed by atoms with Crippen molar-refractivity contribution in [3.05, 3.63) is 30.1 Å². The van der Waals surface area contributed by atoms with Gasteiger partial charge in [-0.1, -0.05) is 25.3 Å². The van der Waals surface area contributed by atoms with Gasteiger partial charge >= 0.3 is 0 Å². The van der Waals surface area contributed by atoms with Gasteiger partial charge in [0.25, 0.3) is 0 Å². The highest BCUT2D eigenvalue weighted by molar-refractivity contribution is 5.36. The van der Waals surface area contributed by atoms with Crippen LogP contribution < -0.4 is 11.1 Å². The second-order valence-electron chi connectivity index (χ2n) is 4.18. The zero-order chi connectivity index (χ0) is 11.8. The van der Waals surface area contributed by atoms with Crippen molar-refractivity contribution in [1.29, 1.82) is 0 Å². The molecule has 0 unspecified atom stereocenters. The van der Waals surface area contributed by atoms with Crippen LogP contribution in [0, 0.1) is 5.82 Å². The second kappa shape index (κ2) is 7.23. The average molecular weight is 224 g/mol. The quantitative estimate of drug-likeness (QED) is 0.720. The summed E-state index contributed by atoms with van der Waals surface area (Å²) in [6.07, 6.45) is 7.13. The maximum atomic E-state index is 12.1. The molecule has 0 aromatic heterocycles. The minimum absolute atomic E-state index is 0.287. The molecule has 1 aliphatic rings. The molecule has 16 heavy (non-hydrogen) atoms. The van der Waals surface area contributed by atoms with Crippen LogP contribution in [0.4, 0.5) is 10.1 Å². The van der Waals surface area contributed by atoms with Crippen LogP contribution in [-0.2, 0) is 0 Å². The Morgan fingerprint density at radius 2 is 1.94 bits per heavy atom. The number of nitrogens with two attached hydrogens (primary N) is 1. The summed E-state index contributed by atoms with van der Waals surface area (Å²) in [4.78, 5) is 0. The molecule has 0 bridgehead atoms. The third kappa shape index (κ3) is 5.12. The number of rotatable bonds is 1. The molecule has 2 nitrogen and oxygen atoms in total. The molecular formula is C13H21FN2. The van der Waals surface area contributed by atoms with E-state index < -0.39 is 0 Å². The topological polar surface area (TPSA) is 38.0 Å². The van der Waals surface area contributed by atoms with Gasteiger partial charge in [0.05, 0.1) is 0 Å². The first-order chi connectivity index (χ1) is 7.72. The van der Waals surface area contributed by atoms with Crippen LogP contribution >= 0.6 is 0 Å². The van der Waals surface area contributed by atoms with Crippen LogP contribution in [0.15, 0.2) is 24.3 Å². The highest BCUT2D eigenvalue weighted by atomic mass is 19.1. The lowest BCUT2D eigenvalue weighted by molar-refractivity contribution is 0.394. The van der Waals surface area contributed by atoms with E-state index in [0.29, 0.717) is 5.69 Å². The van der Waals surface area contributed by atoms with Crippen LogP contribution in [0.5, 0.6) is 0 Å². The fraction of sp³-hybridized carbons (Fsp3) is 0.538. The lowest BCUT2D eigenvalue weighted by atomic mass is 9.96. The van der Waals surface area contributed by atoms with Gasteiger partial charge in [-0.25, -0.2) is 4.39 Å². The molecule has 1 saturated carbocycles. The van der Waals surface area contributed by atoms with Gasteiger partial charge < -0.3 is 11.1 Å². The standard InChI is InChI=1S/C7H15N.C6H6FN/c1-8-7-5-3-2-4-6-7;7-5-2-1-3-6(8)4-5/h7-8H,2-6H2,1H3;1-4H,8H2. The summed E-state index contributed by atoms with van der Waals surface area (Å²) in [7, 11) is 2.07. The van der Waals surface area contributed by atoms with Gasteiger partial charge in [0.1, 0.15) is 5.82 Å². The van der Waals surface area contributed by atoms with E-state index >= 15 is 0 Å². The minimum atomic E-state index is -0.287. The maximum Gasteiger partial charge on any atom is 0.125 e. The second-order valence-corrected chi connectivity index (χ2v) is 4.18. The van der Waals surface area contributed by atoms with Crippen molar-refractivity contribution in [2.45, 2.75) is 38.1 Å². The molecular weight excluding hydrogens is 203 g/mol. The number of hydrogen-bond acceptors (Lipinski definition) is 2. The Morgan fingerprint density at radius 1 is 1.25 bits per heavy atom. The first-order valence-corrected chi connectivity index (χ1v) is 5.90. The van der Waals surface area contributed by atoms with Gasteiger partial charge in [-0.05, 0) is 38.1 Å². The van der Waals surface area contributed by atoms with Crippen LogP contribution in [0.2, 0.25) is 0 Å². The molecule has 1 fully saturated rings. The molecule has 0 aliphatic heterocycles. The van der Waals surface area contributed by atoms with E-state index in [-0.39, 0.29) is 5.82 Å². The predicted molar refractivity (Wildman–Crippen MR) is 66.7 cm³/mol. The molecule has 0 saturated heterocycles. The van der Waals surface area contributed by atoms with Gasteiger partial charge in [-0.3, -0.25) is 0 Å². The highest BCUT2D eigenvalue weighted by Gasteiger charge is 2.09. The highest BCUT2D eigenvalue weighted by Crippen LogP contribution is 2.16. The number of nitrogen functional groups attached to an aromatic ring is 1. The van der Waals surface area contributed by atoms with Crippen LogP contribution in [-0.4, -0.2) is 13.1 Å². The SMILES string of the molecule is CNC1CCCCC1.Nc1cccc(F)c1. The van der Waals surface area contributed by atoms with E-state index in [1.807, 2.05) is 0 Å². The molecule has 0 amide bonds. The minimum Gasteiger partial charge on any atom is -0.399 e. The van der Waals surface area contributed by atoms with E-state index in [0.717, 1.165) is 6.04 Å². The Labute approximate surface area is 97.0 Å². The van der Waals surface area contributed by atoms with Gasteiger partial charge in [-0.2, -0.15) is 0 Å². The molecule has 0 radical (unpaired) electrons. The molecule has 1 aromatic carbocycles. The number of anilines is 1. The molecule has 3 heteroatoms. The van der Waals surface area contributed by atoms with Gasteiger partial charge in [0.15, 0.2) is 0 Å². The van der Waals surface area contributed by atoms with Crippen molar-refractivity contribution in [3.8, 4) is 0 Å². The van der Waals surface area contributed by atoms with Gasteiger partial charge in [0, 0.05) is 11.7 Å². The lowest BCUT2D eigenvalue weighted by Gasteiger charge is -2.20. The maximum absolute atomic E-state index is 12.1. The van der Waals surface area contributed by atoms with E-state index in [1.165, 1.54) is 44.2 Å². The Balaban J connectivity index is 0.000000160. The molecule has 3 N–H and O–H groups in total. The summed E-state index contributed by atoms with van der Waals surface area (Å²) in [6, 6.07) is 6.69. The number of halogens is 1. The first-order valence-electron chi connectivity index (χ1n) is 5.90. The molecule has 2 rings (SSSR count). The average Bonchev–Trinajstić information content (AvgIpc) is 2.31. The molecule has 0 heterocycles. The lowest BCUT2D eigenvalue weighted by Crippen LogP contribution is -2.26. The van der Waals surface area contributed by atoms with Crippen molar-refractivity contribution in [2.24, 2.45) is 0 Å². The van der Waals surface area contributed by atoms with Crippen LogP contribution in [0.1, 0.15) is 32.1 Å². The third-order valence-corrected chi connectivity index (χ3v) is 2.86. The van der Waals surface area contributed by atoms with Crippen molar-refractivity contribution in [3.63, 3.8) is 0 Å². The third-order valence-electron chi connectivity index (χ3n) is 2.86. The van der Waals surface area contributed by atoms with Gasteiger partial charge in [-0.15, -0.1) is 0 Å². The smallest absolute Gasteiger partial charge is 0.125 e. The van der Waals surface area contributed by atoms with E-state index in [4.69, 9.17) is 5.73 Å². The normalized spacial score (nSPS) is 16.4. The predicted octanol–water partition coefficient (Wildman–Crippen LogP) is 2.95. The van der Waals surface area contributed by atoms with Crippen molar-refractivity contribution >= 4 is 5.69 Å². The number of nitrogens with one attached hydrogen (secondary N) is 1. The fourth-order valence-corrected chi connectivity index (χ4v) is 1.90. The van der Waals surface area contributed by atoms with Crippen molar-refractivity contribution in [1.82, 2.24) is 5.32 Å². The Kier molecular flexibility index (Phi) is 5.86. The summed E-state index contributed by atoms with van der Waals surface area (Å²) in [6.45, 7) is 0. The summed E-state index contributed by atoms with van der Waals surface area (Å²) in [5, 5.41) is 3.30. The van der Waals surface area contributed by atoms with Gasteiger partial charge in [0.2, 0.25) is 0 Å². The molecule has 1 aromatic rings. The van der Waals surface area contributed by atoms with E-state index in [2.05, 4.69) is 12.4 Å². The summed E-state index contributed by atoms with van der Waals surface area (Å²) >= 11 is 0. The zero-order valence-electron chi connectivity index (χ0n) is 9.88. The monoisotopic (exact) mass is 224 g/mol. The van der Waals surface area contributed by atoms with Crippen LogP contribution in [0.25, 0.3) is 0 Å². The molecule has 90 valence electrons. The van der Waals surface area contributed by atoms with Crippen molar-refractivity contribution in [2.75, 3.05) is 12.8 Å². The van der Waals surface area contributed by atoms with Crippen molar-refractivity contribution < 1.29 is 4.39 Å². The Bertz CT molecular complexity index is 278. The first kappa shape index (κ1) is 13.0. The Morgan fingerprint density at radius 3 is 2.31 bits per heavy atom. The van der Waals surface area contributed by atoms with E-state index in [9.17, 15) is 4.39 Å². The summed E-state index contributed by atoms with van der Waals surface area (Å²) < 4.78 is 12.1. The molecule has 0 spiro atoms. The summed E-state index contributed by atoms with van der Waals surface area (Å²) in [5.74, 6) is -0.287. The van der Waals surface area contributed by atoms with Crippen LogP contribution in [0.3, 0.4) is 0 Å². The van der Waals surface area contributed by atoms with E-state index in [1.54, 1.807) is 12.1 Å². The Hall–Kier alpha value is -1.09.